The number of para-hydroxylation sites is 2. The van der Waals surface area contributed by atoms with Crippen molar-refractivity contribution < 1.29 is 19.4 Å². The smallest absolute Gasteiger partial charge is 0.277 e. The Labute approximate surface area is 200 Å². The van der Waals surface area contributed by atoms with Gasteiger partial charge in [-0.3, -0.25) is 29.8 Å². The maximum atomic E-state index is 13.9. The highest BCUT2D eigenvalue weighted by Gasteiger charge is 2.38. The van der Waals surface area contributed by atoms with Crippen molar-refractivity contribution in [3.63, 3.8) is 0 Å². The van der Waals surface area contributed by atoms with Gasteiger partial charge in [0.1, 0.15) is 0 Å². The molecule has 3 aromatic rings. The van der Waals surface area contributed by atoms with E-state index in [9.17, 15) is 29.8 Å². The Morgan fingerprint density at radius 1 is 0.914 bits per heavy atom. The van der Waals surface area contributed by atoms with E-state index in [1.807, 2.05) is 31.2 Å². The molecule has 10 heteroatoms. The molecule has 1 aliphatic rings. The Kier molecular flexibility index (Phi) is 6.28. The molecule has 178 valence electrons. The summed E-state index contributed by atoms with van der Waals surface area (Å²) in [5.74, 6) is -0.749. The van der Waals surface area contributed by atoms with Crippen molar-refractivity contribution in [1.82, 2.24) is 0 Å². The number of nitro groups is 2. The summed E-state index contributed by atoms with van der Waals surface area (Å²) in [5.41, 5.74) is 0.663. The minimum absolute atomic E-state index is 0.129. The predicted octanol–water partition coefficient (Wildman–Crippen LogP) is 5.04. The average Bonchev–Trinajstić information content (AvgIpc) is 2.84. The largest absolute Gasteiger partial charge is 0.309 e. The van der Waals surface area contributed by atoms with Gasteiger partial charge in [-0.1, -0.05) is 36.4 Å². The van der Waals surface area contributed by atoms with E-state index in [0.29, 0.717) is 17.8 Å². The number of carbonyl (C=O) groups is 2. The Bertz CT molecular complexity index is 1290. The summed E-state index contributed by atoms with van der Waals surface area (Å²) in [6.45, 7) is 3.37. The van der Waals surface area contributed by atoms with Gasteiger partial charge in [-0.25, -0.2) is 0 Å². The minimum Gasteiger partial charge on any atom is -0.309 e. The van der Waals surface area contributed by atoms with Gasteiger partial charge in [0, 0.05) is 36.5 Å². The van der Waals surface area contributed by atoms with Gasteiger partial charge >= 0.3 is 0 Å². The van der Waals surface area contributed by atoms with E-state index < -0.39 is 33.2 Å². The summed E-state index contributed by atoms with van der Waals surface area (Å²) in [6.07, 6.45) is 0.397. The van der Waals surface area contributed by atoms with Crippen molar-refractivity contribution in [3.05, 3.63) is 104 Å². The predicted molar refractivity (Wildman–Crippen MR) is 129 cm³/mol. The Morgan fingerprint density at radius 2 is 1.49 bits per heavy atom. The summed E-state index contributed by atoms with van der Waals surface area (Å²) in [6, 6.07) is 18.2. The summed E-state index contributed by atoms with van der Waals surface area (Å²) in [4.78, 5) is 50.8. The van der Waals surface area contributed by atoms with E-state index in [4.69, 9.17) is 0 Å². The van der Waals surface area contributed by atoms with Crippen LogP contribution in [-0.2, 0) is 4.79 Å². The zero-order valence-corrected chi connectivity index (χ0v) is 19.0. The Hall–Kier alpha value is -4.60. The molecule has 0 saturated heterocycles. The van der Waals surface area contributed by atoms with Gasteiger partial charge < -0.3 is 9.80 Å². The van der Waals surface area contributed by atoms with Crippen LogP contribution in [0.5, 0.6) is 0 Å². The average molecular weight is 474 g/mol. The molecule has 2 amide bonds. The third kappa shape index (κ3) is 4.45. The van der Waals surface area contributed by atoms with Crippen LogP contribution in [0.25, 0.3) is 0 Å². The van der Waals surface area contributed by atoms with Gasteiger partial charge in [0.2, 0.25) is 5.91 Å². The van der Waals surface area contributed by atoms with Crippen molar-refractivity contribution in [3.8, 4) is 0 Å². The number of anilines is 2. The first-order valence-electron chi connectivity index (χ1n) is 10.9. The molecular weight excluding hydrogens is 452 g/mol. The molecular formula is C25H22N4O6. The lowest BCUT2D eigenvalue weighted by atomic mass is 9.89. The van der Waals surface area contributed by atoms with Gasteiger partial charge in [0.25, 0.3) is 17.3 Å². The molecule has 4 rings (SSSR count). The molecule has 35 heavy (non-hydrogen) atoms. The lowest BCUT2D eigenvalue weighted by Gasteiger charge is -2.43. The maximum Gasteiger partial charge on any atom is 0.277 e. The monoisotopic (exact) mass is 474 g/mol. The fraction of sp³-hybridized carbons (Fsp3) is 0.200. The summed E-state index contributed by atoms with van der Waals surface area (Å²) >= 11 is 0. The second-order valence-corrected chi connectivity index (χ2v) is 8.31. The molecule has 0 unspecified atom stereocenters. The number of carbonyl (C=O) groups excluding carboxylic acids is 2. The third-order valence-corrected chi connectivity index (χ3v) is 6.04. The summed E-state index contributed by atoms with van der Waals surface area (Å²) < 4.78 is 0. The van der Waals surface area contributed by atoms with E-state index in [-0.39, 0.29) is 17.5 Å². The summed E-state index contributed by atoms with van der Waals surface area (Å²) in [7, 11) is 0. The number of hydrogen-bond donors (Lipinski definition) is 0. The van der Waals surface area contributed by atoms with Crippen molar-refractivity contribution in [2.45, 2.75) is 32.4 Å². The lowest BCUT2D eigenvalue weighted by Crippen LogP contribution is -2.47. The van der Waals surface area contributed by atoms with Gasteiger partial charge in [0.15, 0.2) is 0 Å². The molecule has 10 nitrogen and oxygen atoms in total. The minimum atomic E-state index is -0.765. The molecule has 1 heterocycles. The number of hydrogen-bond acceptors (Lipinski definition) is 6. The fourth-order valence-electron chi connectivity index (χ4n) is 4.60. The maximum absolute atomic E-state index is 13.9. The second kappa shape index (κ2) is 9.34. The molecule has 0 N–H and O–H groups in total. The molecule has 1 aliphatic heterocycles. The van der Waals surface area contributed by atoms with E-state index in [1.54, 1.807) is 35.2 Å². The summed E-state index contributed by atoms with van der Waals surface area (Å²) in [5, 5.41) is 22.8. The van der Waals surface area contributed by atoms with Crippen LogP contribution >= 0.6 is 0 Å². The van der Waals surface area contributed by atoms with Crippen molar-refractivity contribution in [2.24, 2.45) is 0 Å². The van der Waals surface area contributed by atoms with Crippen molar-refractivity contribution in [2.75, 3.05) is 9.80 Å². The molecule has 3 aromatic carbocycles. The van der Waals surface area contributed by atoms with Crippen LogP contribution in [0.15, 0.2) is 72.8 Å². The molecule has 0 radical (unpaired) electrons. The molecule has 0 aromatic heterocycles. The molecule has 0 bridgehead atoms. The SMILES string of the molecule is CC(=O)N1c2ccccc2[C@@H](N(C(=O)c2cc([N+](=O)[O-])cc([N+](=O)[O-])c2)c2ccccc2)C[C@H]1C. The Morgan fingerprint density at radius 3 is 2.06 bits per heavy atom. The Balaban J connectivity index is 1.90. The fourth-order valence-corrected chi connectivity index (χ4v) is 4.60. The van der Waals surface area contributed by atoms with Crippen LogP contribution in [0.3, 0.4) is 0 Å². The topological polar surface area (TPSA) is 127 Å². The zero-order chi connectivity index (χ0) is 25.3. The molecule has 0 fully saturated rings. The molecule has 0 aliphatic carbocycles. The van der Waals surface area contributed by atoms with Crippen LogP contribution in [0, 0.1) is 20.2 Å². The van der Waals surface area contributed by atoms with Crippen LogP contribution in [0.4, 0.5) is 22.7 Å². The highest BCUT2D eigenvalue weighted by Crippen LogP contribution is 2.43. The van der Waals surface area contributed by atoms with Gasteiger partial charge in [-0.2, -0.15) is 0 Å². The first-order valence-corrected chi connectivity index (χ1v) is 10.9. The number of nitrogens with zero attached hydrogens (tertiary/aromatic N) is 4. The normalized spacial score (nSPS) is 16.8. The number of amides is 2. The number of fused-ring (bicyclic) bond motifs is 1. The van der Waals surface area contributed by atoms with Gasteiger partial charge in [-0.05, 0) is 37.1 Å². The molecule has 2 atom stereocenters. The third-order valence-electron chi connectivity index (χ3n) is 6.04. The molecule has 0 spiro atoms. The van der Waals surface area contributed by atoms with Crippen LogP contribution in [-0.4, -0.2) is 27.7 Å². The molecule has 0 saturated carbocycles. The van der Waals surface area contributed by atoms with E-state index in [1.165, 1.54) is 11.8 Å². The second-order valence-electron chi connectivity index (χ2n) is 8.31. The standard InChI is InChI=1S/C25H22N4O6/c1-16-12-24(22-10-6-7-11-23(22)26(16)17(2)30)27(19-8-4-3-5-9-19)25(31)18-13-20(28(32)33)15-21(14-18)29(34)35/h3-11,13-16,24H,12H2,1-2H3/t16-,24+/m1/s1. The van der Waals surface area contributed by atoms with Crippen LogP contribution in [0.1, 0.15) is 42.2 Å². The number of benzene rings is 3. The van der Waals surface area contributed by atoms with Gasteiger partial charge in [-0.15, -0.1) is 0 Å². The van der Waals surface area contributed by atoms with Crippen molar-refractivity contribution >= 4 is 34.6 Å². The first-order chi connectivity index (χ1) is 16.7. The van der Waals surface area contributed by atoms with E-state index >= 15 is 0 Å². The van der Waals surface area contributed by atoms with E-state index in [2.05, 4.69) is 0 Å². The number of rotatable bonds is 5. The van der Waals surface area contributed by atoms with E-state index in [0.717, 1.165) is 23.8 Å². The highest BCUT2D eigenvalue weighted by atomic mass is 16.6. The van der Waals surface area contributed by atoms with Crippen molar-refractivity contribution in [1.29, 1.82) is 0 Å². The highest BCUT2D eigenvalue weighted by molar-refractivity contribution is 6.08. The quantitative estimate of drug-likeness (QED) is 0.377. The lowest BCUT2D eigenvalue weighted by molar-refractivity contribution is -0.394. The zero-order valence-electron chi connectivity index (χ0n) is 19.0. The van der Waals surface area contributed by atoms with Gasteiger partial charge in [0.05, 0.1) is 27.5 Å². The van der Waals surface area contributed by atoms with Crippen LogP contribution < -0.4 is 9.80 Å². The first kappa shape index (κ1) is 23.6. The number of nitro benzene ring substituents is 2. The number of non-ortho nitro benzene ring substituents is 2. The van der Waals surface area contributed by atoms with Crippen LogP contribution in [0.2, 0.25) is 0 Å².